The van der Waals surface area contributed by atoms with Crippen LogP contribution in [-0.2, 0) is 9.53 Å². The average Bonchev–Trinajstić information content (AvgIpc) is 2.59. The largest absolute Gasteiger partial charge is 0.384 e. The Morgan fingerprint density at radius 1 is 1.38 bits per heavy atom. The number of nitro groups is 1. The smallest absolute Gasteiger partial charge is 0.292 e. The van der Waals surface area contributed by atoms with E-state index in [9.17, 15) is 14.9 Å². The van der Waals surface area contributed by atoms with Crippen molar-refractivity contribution in [1.82, 2.24) is 10.6 Å². The molecule has 0 atom stereocenters. The van der Waals surface area contributed by atoms with Crippen LogP contribution in [0.3, 0.4) is 0 Å². The Bertz CT molecular complexity index is 567. The van der Waals surface area contributed by atoms with Crippen LogP contribution in [0, 0.1) is 15.5 Å². The first-order chi connectivity index (χ1) is 11.6. The first-order valence-corrected chi connectivity index (χ1v) is 8.00. The Labute approximate surface area is 141 Å². The number of carbonyl (C=O) groups is 1. The molecule has 0 saturated carbocycles. The molecule has 0 unspecified atom stereocenters. The molecule has 2 rings (SSSR count). The first-order valence-electron chi connectivity index (χ1n) is 8.00. The summed E-state index contributed by atoms with van der Waals surface area (Å²) in [6, 6.07) is 6.28. The molecule has 8 heteroatoms. The maximum Gasteiger partial charge on any atom is 0.292 e. The molecule has 1 aromatic carbocycles. The van der Waals surface area contributed by atoms with E-state index in [1.165, 1.54) is 6.07 Å². The van der Waals surface area contributed by atoms with Crippen LogP contribution in [0.4, 0.5) is 11.4 Å². The first kappa shape index (κ1) is 18.2. The molecular weight excluding hydrogens is 312 g/mol. The van der Waals surface area contributed by atoms with Crippen molar-refractivity contribution in [2.45, 2.75) is 12.8 Å². The van der Waals surface area contributed by atoms with Crippen LogP contribution < -0.4 is 16.0 Å². The Hall–Kier alpha value is -2.19. The Morgan fingerprint density at radius 3 is 2.75 bits per heavy atom. The lowest BCUT2D eigenvalue weighted by atomic mass is 9.79. The molecule has 3 N–H and O–H groups in total. The molecular formula is C16H24N4O4. The van der Waals surface area contributed by atoms with E-state index in [-0.39, 0.29) is 23.6 Å². The van der Waals surface area contributed by atoms with Crippen molar-refractivity contribution < 1.29 is 14.5 Å². The predicted octanol–water partition coefficient (Wildman–Crippen LogP) is 1.14. The Balaban J connectivity index is 1.86. The topological polar surface area (TPSA) is 106 Å². The summed E-state index contributed by atoms with van der Waals surface area (Å²) in [5.74, 6) is -0.192. The molecule has 132 valence electrons. The molecule has 1 saturated heterocycles. The van der Waals surface area contributed by atoms with Crippen LogP contribution >= 0.6 is 0 Å². The SMILES string of the molecule is COCC1(CNC(=O)CNc2ccccc2[N+](=O)[O-])CCNCC1. The molecule has 0 aliphatic carbocycles. The van der Waals surface area contributed by atoms with Crippen LogP contribution in [0.5, 0.6) is 0 Å². The number of hydrogen-bond donors (Lipinski definition) is 3. The number of carbonyl (C=O) groups excluding carboxylic acids is 1. The van der Waals surface area contributed by atoms with Crippen LogP contribution in [0.15, 0.2) is 24.3 Å². The fraction of sp³-hybridized carbons (Fsp3) is 0.562. The fourth-order valence-electron chi connectivity index (χ4n) is 2.94. The summed E-state index contributed by atoms with van der Waals surface area (Å²) in [5, 5.41) is 20.0. The van der Waals surface area contributed by atoms with Crippen LogP contribution in [0.2, 0.25) is 0 Å². The third-order valence-electron chi connectivity index (χ3n) is 4.32. The van der Waals surface area contributed by atoms with Gasteiger partial charge in [0.25, 0.3) is 5.69 Å². The van der Waals surface area contributed by atoms with Gasteiger partial charge in [0.15, 0.2) is 0 Å². The summed E-state index contributed by atoms with van der Waals surface area (Å²) in [7, 11) is 1.67. The molecule has 1 aromatic rings. The maximum atomic E-state index is 12.1. The van der Waals surface area contributed by atoms with E-state index in [1.54, 1.807) is 25.3 Å². The van der Waals surface area contributed by atoms with Gasteiger partial charge in [-0.2, -0.15) is 0 Å². The van der Waals surface area contributed by atoms with Gasteiger partial charge < -0.3 is 20.7 Å². The highest BCUT2D eigenvalue weighted by atomic mass is 16.6. The van der Waals surface area contributed by atoms with Crippen molar-refractivity contribution in [2.75, 3.05) is 45.2 Å². The van der Waals surface area contributed by atoms with E-state index < -0.39 is 4.92 Å². The number of benzene rings is 1. The van der Waals surface area contributed by atoms with Gasteiger partial charge in [-0.3, -0.25) is 14.9 Å². The minimum Gasteiger partial charge on any atom is -0.384 e. The number of anilines is 1. The van der Waals surface area contributed by atoms with Gasteiger partial charge in [-0.25, -0.2) is 0 Å². The van der Waals surface area contributed by atoms with Crippen molar-refractivity contribution in [1.29, 1.82) is 0 Å². The highest BCUT2D eigenvalue weighted by Crippen LogP contribution is 2.28. The summed E-state index contributed by atoms with van der Waals surface area (Å²) in [5.41, 5.74) is 0.250. The second-order valence-corrected chi connectivity index (χ2v) is 6.09. The van der Waals surface area contributed by atoms with Crippen molar-refractivity contribution in [2.24, 2.45) is 5.41 Å². The van der Waals surface area contributed by atoms with Gasteiger partial charge in [0.2, 0.25) is 5.91 Å². The van der Waals surface area contributed by atoms with Crippen molar-refractivity contribution in [3.63, 3.8) is 0 Å². The number of hydrogen-bond acceptors (Lipinski definition) is 6. The van der Waals surface area contributed by atoms with Crippen LogP contribution in [-0.4, -0.2) is 50.7 Å². The molecule has 8 nitrogen and oxygen atoms in total. The average molecular weight is 336 g/mol. The Kier molecular flexibility index (Phi) is 6.51. The van der Waals surface area contributed by atoms with Gasteiger partial charge in [-0.15, -0.1) is 0 Å². The number of nitrogens with one attached hydrogen (secondary N) is 3. The highest BCUT2D eigenvalue weighted by Gasteiger charge is 2.32. The van der Waals surface area contributed by atoms with Crippen molar-refractivity contribution >= 4 is 17.3 Å². The highest BCUT2D eigenvalue weighted by molar-refractivity contribution is 5.81. The number of para-hydroxylation sites is 2. The van der Waals surface area contributed by atoms with E-state index in [0.29, 0.717) is 18.8 Å². The summed E-state index contributed by atoms with van der Waals surface area (Å²) >= 11 is 0. The molecule has 1 fully saturated rings. The van der Waals surface area contributed by atoms with E-state index in [0.717, 1.165) is 25.9 Å². The number of nitro benzene ring substituents is 1. The zero-order valence-corrected chi connectivity index (χ0v) is 13.8. The molecule has 1 amide bonds. The lowest BCUT2D eigenvalue weighted by molar-refractivity contribution is -0.383. The van der Waals surface area contributed by atoms with Crippen LogP contribution in [0.25, 0.3) is 0 Å². The summed E-state index contributed by atoms with van der Waals surface area (Å²) in [4.78, 5) is 22.6. The maximum absolute atomic E-state index is 12.1. The standard InChI is InChI=1S/C16H24N4O4/c1-24-12-16(6-8-17-9-7-16)11-19-15(21)10-18-13-4-2-3-5-14(13)20(22)23/h2-5,17-18H,6-12H2,1H3,(H,19,21). The number of methoxy groups -OCH3 is 1. The van der Waals surface area contributed by atoms with Crippen LogP contribution in [0.1, 0.15) is 12.8 Å². The summed E-state index contributed by atoms with van der Waals surface area (Å²) < 4.78 is 5.32. The molecule has 0 bridgehead atoms. The third kappa shape index (κ3) is 4.90. The third-order valence-corrected chi connectivity index (χ3v) is 4.32. The zero-order valence-electron chi connectivity index (χ0n) is 13.8. The predicted molar refractivity (Wildman–Crippen MR) is 91.0 cm³/mol. The molecule has 1 heterocycles. The molecule has 1 aliphatic heterocycles. The lowest BCUT2D eigenvalue weighted by Gasteiger charge is -2.37. The van der Waals surface area contributed by atoms with E-state index in [2.05, 4.69) is 16.0 Å². The second-order valence-electron chi connectivity index (χ2n) is 6.09. The number of amides is 1. The summed E-state index contributed by atoms with van der Waals surface area (Å²) in [6.07, 6.45) is 1.89. The lowest BCUT2D eigenvalue weighted by Crippen LogP contribution is -2.48. The molecule has 0 spiro atoms. The molecule has 1 aliphatic rings. The van der Waals surface area contributed by atoms with E-state index >= 15 is 0 Å². The fourth-order valence-corrected chi connectivity index (χ4v) is 2.94. The van der Waals surface area contributed by atoms with Gasteiger partial charge in [0.1, 0.15) is 5.69 Å². The van der Waals surface area contributed by atoms with Crippen molar-refractivity contribution in [3.05, 3.63) is 34.4 Å². The number of ether oxygens (including phenoxy) is 1. The van der Waals surface area contributed by atoms with Gasteiger partial charge in [-0.1, -0.05) is 12.1 Å². The number of rotatable bonds is 8. The normalized spacial score (nSPS) is 16.4. The van der Waals surface area contributed by atoms with Gasteiger partial charge >= 0.3 is 0 Å². The van der Waals surface area contributed by atoms with Gasteiger partial charge in [0, 0.05) is 25.1 Å². The quantitative estimate of drug-likeness (QED) is 0.486. The van der Waals surface area contributed by atoms with E-state index in [4.69, 9.17) is 4.74 Å². The number of piperidine rings is 1. The zero-order chi connectivity index (χ0) is 17.4. The molecule has 0 aromatic heterocycles. The number of nitrogens with zero attached hydrogens (tertiary/aromatic N) is 1. The summed E-state index contributed by atoms with van der Waals surface area (Å²) in [6.45, 7) is 2.96. The second kappa shape index (κ2) is 8.60. The minimum absolute atomic E-state index is 0.00777. The van der Waals surface area contributed by atoms with Crippen molar-refractivity contribution in [3.8, 4) is 0 Å². The molecule has 0 radical (unpaired) electrons. The van der Waals surface area contributed by atoms with E-state index in [1.807, 2.05) is 0 Å². The molecule has 24 heavy (non-hydrogen) atoms. The van der Waals surface area contributed by atoms with Gasteiger partial charge in [0.05, 0.1) is 18.1 Å². The minimum atomic E-state index is -0.469. The monoisotopic (exact) mass is 336 g/mol. The Morgan fingerprint density at radius 2 is 2.08 bits per heavy atom. The van der Waals surface area contributed by atoms with Gasteiger partial charge in [-0.05, 0) is 32.0 Å².